The van der Waals surface area contributed by atoms with Crippen molar-refractivity contribution in [2.45, 2.75) is 13.0 Å². The highest BCUT2D eigenvalue weighted by molar-refractivity contribution is 5.74. The largest absolute Gasteiger partial charge is 0.423 e. The van der Waals surface area contributed by atoms with E-state index in [1.165, 1.54) is 12.1 Å². The highest BCUT2D eigenvalue weighted by atomic mass is 19.1. The van der Waals surface area contributed by atoms with Gasteiger partial charge < -0.3 is 14.2 Å². The SMILES string of the molecule is CCN1CCN(C2CN(c3nc4ccc(F)cc4o3)C2)CC1. The number of fused-ring (bicyclic) bond motifs is 1. The number of piperazine rings is 1. The molecule has 2 aromatic rings. The number of anilines is 1. The summed E-state index contributed by atoms with van der Waals surface area (Å²) in [7, 11) is 0. The minimum absolute atomic E-state index is 0.287. The van der Waals surface area contributed by atoms with E-state index < -0.39 is 0 Å². The van der Waals surface area contributed by atoms with Gasteiger partial charge in [0, 0.05) is 51.4 Å². The molecule has 4 rings (SSSR count). The summed E-state index contributed by atoms with van der Waals surface area (Å²) in [5, 5.41) is 0. The van der Waals surface area contributed by atoms with Crippen LogP contribution in [0, 0.1) is 5.82 Å². The number of nitrogens with zero attached hydrogens (tertiary/aromatic N) is 4. The molecule has 0 aliphatic carbocycles. The van der Waals surface area contributed by atoms with E-state index in [0.717, 1.165) is 51.3 Å². The Bertz CT molecular complexity index is 659. The topological polar surface area (TPSA) is 35.8 Å². The first kappa shape index (κ1) is 14.0. The second-order valence-electron chi connectivity index (χ2n) is 6.14. The van der Waals surface area contributed by atoms with Gasteiger partial charge in [-0.05, 0) is 18.7 Å². The zero-order valence-corrected chi connectivity index (χ0v) is 12.8. The number of oxazole rings is 1. The summed E-state index contributed by atoms with van der Waals surface area (Å²) in [5.41, 5.74) is 1.24. The van der Waals surface area contributed by atoms with Crippen molar-refractivity contribution in [1.82, 2.24) is 14.8 Å². The third-order valence-corrected chi connectivity index (χ3v) is 4.84. The van der Waals surface area contributed by atoms with Crippen LogP contribution in [0.1, 0.15) is 6.92 Å². The Hall–Kier alpha value is -1.66. The van der Waals surface area contributed by atoms with Gasteiger partial charge >= 0.3 is 0 Å². The maximum Gasteiger partial charge on any atom is 0.298 e. The van der Waals surface area contributed by atoms with E-state index in [0.29, 0.717) is 17.6 Å². The predicted molar refractivity (Wildman–Crippen MR) is 83.7 cm³/mol. The van der Waals surface area contributed by atoms with Gasteiger partial charge in [0.25, 0.3) is 6.01 Å². The molecule has 0 unspecified atom stereocenters. The second kappa shape index (κ2) is 5.52. The van der Waals surface area contributed by atoms with Crippen molar-refractivity contribution in [3.63, 3.8) is 0 Å². The highest BCUT2D eigenvalue weighted by Crippen LogP contribution is 2.27. The van der Waals surface area contributed by atoms with Gasteiger partial charge in [-0.1, -0.05) is 6.92 Å². The van der Waals surface area contributed by atoms with Crippen molar-refractivity contribution in [3.8, 4) is 0 Å². The van der Waals surface area contributed by atoms with Crippen LogP contribution in [-0.4, -0.2) is 66.6 Å². The third-order valence-electron chi connectivity index (χ3n) is 4.84. The molecule has 118 valence electrons. The number of rotatable bonds is 3. The van der Waals surface area contributed by atoms with Gasteiger partial charge in [0.1, 0.15) is 11.3 Å². The van der Waals surface area contributed by atoms with Crippen molar-refractivity contribution in [3.05, 3.63) is 24.0 Å². The first-order valence-electron chi connectivity index (χ1n) is 8.00. The molecule has 0 saturated carbocycles. The summed E-state index contributed by atoms with van der Waals surface area (Å²) >= 11 is 0. The molecular formula is C16H21FN4O. The van der Waals surface area contributed by atoms with Gasteiger partial charge in [0.2, 0.25) is 0 Å². The van der Waals surface area contributed by atoms with Crippen molar-refractivity contribution in [2.75, 3.05) is 50.7 Å². The van der Waals surface area contributed by atoms with Crippen LogP contribution in [0.25, 0.3) is 11.1 Å². The molecule has 0 spiro atoms. The van der Waals surface area contributed by atoms with E-state index in [4.69, 9.17) is 4.42 Å². The van der Waals surface area contributed by atoms with Gasteiger partial charge in [0.15, 0.2) is 5.58 Å². The molecule has 2 saturated heterocycles. The Labute approximate surface area is 129 Å². The average Bonchev–Trinajstić information content (AvgIpc) is 2.89. The third kappa shape index (κ3) is 2.46. The van der Waals surface area contributed by atoms with Crippen LogP contribution in [0.2, 0.25) is 0 Å². The van der Waals surface area contributed by atoms with Gasteiger partial charge in [-0.2, -0.15) is 4.98 Å². The molecule has 0 radical (unpaired) electrons. The fourth-order valence-electron chi connectivity index (χ4n) is 3.31. The summed E-state index contributed by atoms with van der Waals surface area (Å²) in [5.74, 6) is -0.287. The Morgan fingerprint density at radius 2 is 2.00 bits per heavy atom. The molecule has 1 aromatic heterocycles. The highest BCUT2D eigenvalue weighted by Gasteiger charge is 2.35. The zero-order chi connectivity index (χ0) is 15.1. The fourth-order valence-corrected chi connectivity index (χ4v) is 3.31. The summed E-state index contributed by atoms with van der Waals surface area (Å²) in [6.07, 6.45) is 0. The molecule has 0 amide bonds. The molecular weight excluding hydrogens is 283 g/mol. The Morgan fingerprint density at radius 3 is 2.73 bits per heavy atom. The molecule has 6 heteroatoms. The minimum atomic E-state index is -0.287. The zero-order valence-electron chi connectivity index (χ0n) is 12.8. The minimum Gasteiger partial charge on any atom is -0.423 e. The van der Waals surface area contributed by atoms with Crippen molar-refractivity contribution in [2.24, 2.45) is 0 Å². The first-order chi connectivity index (χ1) is 10.7. The van der Waals surface area contributed by atoms with E-state index in [-0.39, 0.29) is 5.82 Å². The molecule has 2 fully saturated rings. The monoisotopic (exact) mass is 304 g/mol. The number of hydrogen-bond donors (Lipinski definition) is 0. The molecule has 22 heavy (non-hydrogen) atoms. The van der Waals surface area contributed by atoms with Gasteiger partial charge in [0.05, 0.1) is 0 Å². The number of benzene rings is 1. The normalized spacial score (nSPS) is 21.5. The predicted octanol–water partition coefficient (Wildman–Crippen LogP) is 1.79. The van der Waals surface area contributed by atoms with Gasteiger partial charge in [-0.3, -0.25) is 4.90 Å². The second-order valence-corrected chi connectivity index (χ2v) is 6.14. The van der Waals surface area contributed by atoms with Crippen LogP contribution in [0.15, 0.2) is 22.6 Å². The van der Waals surface area contributed by atoms with Crippen LogP contribution >= 0.6 is 0 Å². The maximum atomic E-state index is 13.2. The lowest BCUT2D eigenvalue weighted by Gasteiger charge is -2.47. The summed E-state index contributed by atoms with van der Waals surface area (Å²) in [6.45, 7) is 9.87. The lowest BCUT2D eigenvalue weighted by Crippen LogP contribution is -2.63. The molecule has 3 heterocycles. The van der Waals surface area contributed by atoms with Crippen LogP contribution in [0.5, 0.6) is 0 Å². The van der Waals surface area contributed by atoms with E-state index in [9.17, 15) is 4.39 Å². The number of hydrogen-bond acceptors (Lipinski definition) is 5. The molecule has 2 aliphatic rings. The molecule has 5 nitrogen and oxygen atoms in total. The fraction of sp³-hybridized carbons (Fsp3) is 0.562. The van der Waals surface area contributed by atoms with Crippen LogP contribution in [0.3, 0.4) is 0 Å². The molecule has 0 atom stereocenters. The number of aromatic nitrogens is 1. The van der Waals surface area contributed by atoms with Crippen LogP contribution in [-0.2, 0) is 0 Å². The van der Waals surface area contributed by atoms with E-state index in [2.05, 4.69) is 26.6 Å². The molecule has 1 aromatic carbocycles. The molecule has 0 bridgehead atoms. The van der Waals surface area contributed by atoms with Crippen LogP contribution in [0.4, 0.5) is 10.4 Å². The van der Waals surface area contributed by atoms with Crippen molar-refractivity contribution < 1.29 is 8.81 Å². The lowest BCUT2D eigenvalue weighted by molar-refractivity contribution is 0.0846. The molecule has 2 aliphatic heterocycles. The lowest BCUT2D eigenvalue weighted by atomic mass is 10.1. The smallest absolute Gasteiger partial charge is 0.298 e. The van der Waals surface area contributed by atoms with Crippen molar-refractivity contribution in [1.29, 1.82) is 0 Å². The van der Waals surface area contributed by atoms with E-state index >= 15 is 0 Å². The Morgan fingerprint density at radius 1 is 1.23 bits per heavy atom. The quantitative estimate of drug-likeness (QED) is 0.864. The van der Waals surface area contributed by atoms with E-state index in [1.54, 1.807) is 6.07 Å². The van der Waals surface area contributed by atoms with E-state index in [1.807, 2.05) is 0 Å². The van der Waals surface area contributed by atoms with Crippen LogP contribution < -0.4 is 4.90 Å². The summed E-state index contributed by atoms with van der Waals surface area (Å²) < 4.78 is 18.9. The van der Waals surface area contributed by atoms with Crippen molar-refractivity contribution >= 4 is 17.1 Å². The Balaban J connectivity index is 1.38. The van der Waals surface area contributed by atoms with Gasteiger partial charge in [-0.15, -0.1) is 0 Å². The average molecular weight is 304 g/mol. The number of halogens is 1. The van der Waals surface area contributed by atoms with Gasteiger partial charge in [-0.25, -0.2) is 4.39 Å². The summed E-state index contributed by atoms with van der Waals surface area (Å²) in [4.78, 5) is 11.6. The Kier molecular flexibility index (Phi) is 3.50. The first-order valence-corrected chi connectivity index (χ1v) is 8.00. The molecule has 0 N–H and O–H groups in total. The maximum absolute atomic E-state index is 13.2. The number of likely N-dealkylation sites (N-methyl/N-ethyl adjacent to an activating group) is 1. The summed E-state index contributed by atoms with van der Waals surface area (Å²) in [6, 6.07) is 5.68. The standard InChI is InChI=1S/C16H21FN4O/c1-2-19-5-7-20(8-6-19)13-10-21(11-13)16-18-14-4-3-12(17)9-15(14)22-16/h3-4,9,13H,2,5-8,10-11H2,1H3.